The Bertz CT molecular complexity index is 1280. The van der Waals surface area contributed by atoms with Gasteiger partial charge < -0.3 is 23.9 Å². The topological polar surface area (TPSA) is 74.1 Å². The van der Waals surface area contributed by atoms with Gasteiger partial charge in [0.05, 0.1) is 24.5 Å². The number of carbonyl (C=O) groups excluding carboxylic acids is 1. The van der Waals surface area contributed by atoms with Gasteiger partial charge in [-0.15, -0.1) is 11.8 Å². The molecule has 1 aliphatic rings. The lowest BCUT2D eigenvalue weighted by Gasteiger charge is -2.14. The minimum atomic E-state index is -0.170. The molecular formula is C27H27N3O4S. The minimum Gasteiger partial charge on any atom is -0.493 e. The van der Waals surface area contributed by atoms with Crippen LogP contribution < -0.4 is 14.8 Å². The van der Waals surface area contributed by atoms with E-state index < -0.39 is 0 Å². The first-order valence-electron chi connectivity index (χ1n) is 11.6. The molecule has 2 aromatic heterocycles. The molecule has 1 saturated heterocycles. The molecule has 8 heteroatoms. The first kappa shape index (κ1) is 23.3. The van der Waals surface area contributed by atoms with Crippen LogP contribution in [0, 0.1) is 0 Å². The summed E-state index contributed by atoms with van der Waals surface area (Å²) in [4.78, 5) is 18.6. The first-order chi connectivity index (χ1) is 17.2. The summed E-state index contributed by atoms with van der Waals surface area (Å²) in [6.45, 7) is 1.10. The average Bonchev–Trinajstić information content (AvgIpc) is 3.56. The van der Waals surface area contributed by atoms with Crippen LogP contribution in [0.25, 0.3) is 5.65 Å². The van der Waals surface area contributed by atoms with Gasteiger partial charge in [0.2, 0.25) is 0 Å². The molecule has 7 nitrogen and oxygen atoms in total. The molecule has 1 unspecified atom stereocenters. The number of imidazole rings is 1. The highest BCUT2D eigenvalue weighted by Crippen LogP contribution is 2.32. The first-order valence-corrected chi connectivity index (χ1v) is 12.6. The van der Waals surface area contributed by atoms with Gasteiger partial charge in [0.1, 0.15) is 12.3 Å². The lowest BCUT2D eigenvalue weighted by Crippen LogP contribution is -2.14. The molecule has 0 aliphatic carbocycles. The maximum atomic E-state index is 13.1. The number of carbonyl (C=O) groups is 1. The van der Waals surface area contributed by atoms with Crippen LogP contribution in [0.2, 0.25) is 0 Å². The van der Waals surface area contributed by atoms with E-state index in [-0.39, 0.29) is 18.6 Å². The molecule has 4 aromatic rings. The van der Waals surface area contributed by atoms with Crippen molar-refractivity contribution in [2.75, 3.05) is 24.8 Å². The molecule has 2 aromatic carbocycles. The van der Waals surface area contributed by atoms with Crippen LogP contribution in [0.4, 0.5) is 5.69 Å². The monoisotopic (exact) mass is 489 g/mol. The van der Waals surface area contributed by atoms with E-state index >= 15 is 0 Å². The van der Waals surface area contributed by atoms with Crippen molar-refractivity contribution in [2.24, 2.45) is 0 Å². The van der Waals surface area contributed by atoms with Crippen LogP contribution in [-0.4, -0.2) is 40.9 Å². The Labute approximate surface area is 208 Å². The molecule has 1 amide bonds. The Hall–Kier alpha value is -3.49. The number of nitrogens with one attached hydrogen (secondary N) is 1. The third-order valence-corrected chi connectivity index (χ3v) is 7.00. The van der Waals surface area contributed by atoms with E-state index in [0.717, 1.165) is 41.4 Å². The van der Waals surface area contributed by atoms with Gasteiger partial charge in [0.15, 0.2) is 11.5 Å². The van der Waals surface area contributed by atoms with Gasteiger partial charge >= 0.3 is 0 Å². The van der Waals surface area contributed by atoms with E-state index in [4.69, 9.17) is 14.2 Å². The third kappa shape index (κ3) is 5.61. The lowest BCUT2D eigenvalue weighted by atomic mass is 10.2. The predicted molar refractivity (Wildman–Crippen MR) is 137 cm³/mol. The molecule has 5 rings (SSSR count). The molecule has 180 valence electrons. The summed E-state index contributed by atoms with van der Waals surface area (Å²) in [5, 5.41) is 3.00. The second-order valence-corrected chi connectivity index (χ2v) is 9.31. The van der Waals surface area contributed by atoms with E-state index in [2.05, 4.69) is 10.3 Å². The van der Waals surface area contributed by atoms with E-state index in [1.807, 2.05) is 59.3 Å². The molecule has 0 saturated carbocycles. The van der Waals surface area contributed by atoms with Gasteiger partial charge in [-0.25, -0.2) is 4.98 Å². The average molecular weight is 490 g/mol. The fraction of sp³-hybridized carbons (Fsp3) is 0.259. The van der Waals surface area contributed by atoms with Gasteiger partial charge in [0, 0.05) is 41.4 Å². The molecule has 0 bridgehead atoms. The minimum absolute atomic E-state index is 0.170. The maximum Gasteiger partial charge on any atom is 0.256 e. The fourth-order valence-electron chi connectivity index (χ4n) is 4.01. The molecule has 0 spiro atoms. The van der Waals surface area contributed by atoms with Crippen molar-refractivity contribution in [3.8, 4) is 11.5 Å². The largest absolute Gasteiger partial charge is 0.493 e. The molecule has 3 heterocycles. The Kier molecular flexibility index (Phi) is 7.20. The highest BCUT2D eigenvalue weighted by molar-refractivity contribution is 7.99. The fourth-order valence-corrected chi connectivity index (χ4v) is 5.13. The molecule has 0 radical (unpaired) electrons. The number of anilines is 1. The van der Waals surface area contributed by atoms with Crippen LogP contribution in [-0.2, 0) is 11.3 Å². The Balaban J connectivity index is 1.28. The summed E-state index contributed by atoms with van der Waals surface area (Å²) in [5.74, 6) is 1.79. The van der Waals surface area contributed by atoms with Gasteiger partial charge in [0.25, 0.3) is 5.91 Å². The van der Waals surface area contributed by atoms with Crippen LogP contribution in [0.1, 0.15) is 28.9 Å². The normalized spacial score (nSPS) is 15.3. The second-order valence-electron chi connectivity index (χ2n) is 8.25. The van der Waals surface area contributed by atoms with E-state index in [9.17, 15) is 4.79 Å². The second kappa shape index (κ2) is 10.8. The number of fused-ring (bicyclic) bond motifs is 1. The summed E-state index contributed by atoms with van der Waals surface area (Å²) >= 11 is 1.66. The van der Waals surface area contributed by atoms with Crippen molar-refractivity contribution in [2.45, 2.75) is 30.4 Å². The zero-order valence-electron chi connectivity index (χ0n) is 19.5. The van der Waals surface area contributed by atoms with Gasteiger partial charge in [-0.2, -0.15) is 0 Å². The zero-order valence-corrected chi connectivity index (χ0v) is 20.3. The summed E-state index contributed by atoms with van der Waals surface area (Å²) in [6, 6.07) is 18.9. The van der Waals surface area contributed by atoms with Gasteiger partial charge in [-0.1, -0.05) is 18.2 Å². The quantitative estimate of drug-likeness (QED) is 0.315. The SMILES string of the molecule is COc1ccc(NC(=O)c2ccccc2SCC2CCCO2)cc1OCc1cn2ccccc2n1. The van der Waals surface area contributed by atoms with Crippen LogP contribution in [0.5, 0.6) is 11.5 Å². The molecule has 1 aliphatic heterocycles. The predicted octanol–water partition coefficient (Wildman–Crippen LogP) is 5.45. The number of amides is 1. The Morgan fingerprint density at radius 3 is 2.89 bits per heavy atom. The van der Waals surface area contributed by atoms with Crippen molar-refractivity contribution in [1.29, 1.82) is 0 Å². The molecule has 1 fully saturated rings. The summed E-state index contributed by atoms with van der Waals surface area (Å²) in [5.41, 5.74) is 2.92. The van der Waals surface area contributed by atoms with Crippen molar-refractivity contribution in [3.05, 3.63) is 84.3 Å². The van der Waals surface area contributed by atoms with E-state index in [0.29, 0.717) is 22.7 Å². The number of ether oxygens (including phenoxy) is 3. The van der Waals surface area contributed by atoms with Crippen molar-refractivity contribution in [1.82, 2.24) is 9.38 Å². The summed E-state index contributed by atoms with van der Waals surface area (Å²) in [7, 11) is 1.59. The molecular weight excluding hydrogens is 462 g/mol. The molecule has 1 atom stereocenters. The number of nitrogens with zero attached hydrogens (tertiary/aromatic N) is 2. The Morgan fingerprint density at radius 2 is 2.06 bits per heavy atom. The van der Waals surface area contributed by atoms with E-state index in [1.54, 1.807) is 37.1 Å². The van der Waals surface area contributed by atoms with Gasteiger partial charge in [-0.3, -0.25) is 4.79 Å². The van der Waals surface area contributed by atoms with Crippen molar-refractivity contribution < 1.29 is 19.0 Å². The van der Waals surface area contributed by atoms with Crippen LogP contribution >= 0.6 is 11.8 Å². The Morgan fingerprint density at radius 1 is 1.17 bits per heavy atom. The number of benzene rings is 2. The number of rotatable bonds is 9. The van der Waals surface area contributed by atoms with Crippen LogP contribution in [0.3, 0.4) is 0 Å². The standard InChI is InChI=1S/C27H27N3O4S/c1-32-23-12-11-19(15-24(23)34-17-20-16-30-13-5-4-10-26(30)28-20)29-27(31)22-8-2-3-9-25(22)35-18-21-7-6-14-33-21/h2-5,8-13,15-16,21H,6-7,14,17-18H2,1H3,(H,29,31). The smallest absolute Gasteiger partial charge is 0.256 e. The van der Waals surface area contributed by atoms with Crippen LogP contribution in [0.15, 0.2) is 78.0 Å². The molecule has 1 N–H and O–H groups in total. The number of methoxy groups -OCH3 is 1. The summed E-state index contributed by atoms with van der Waals surface area (Å²) in [6.07, 6.45) is 6.31. The number of hydrogen-bond donors (Lipinski definition) is 1. The summed E-state index contributed by atoms with van der Waals surface area (Å²) < 4.78 is 19.1. The number of thioether (sulfide) groups is 1. The molecule has 35 heavy (non-hydrogen) atoms. The zero-order chi connectivity index (χ0) is 24.0. The van der Waals surface area contributed by atoms with E-state index in [1.165, 1.54) is 0 Å². The van der Waals surface area contributed by atoms with Crippen molar-refractivity contribution >= 4 is 29.0 Å². The van der Waals surface area contributed by atoms with Gasteiger partial charge in [-0.05, 0) is 49.2 Å². The number of hydrogen-bond acceptors (Lipinski definition) is 6. The van der Waals surface area contributed by atoms with Crippen molar-refractivity contribution in [3.63, 3.8) is 0 Å². The maximum absolute atomic E-state index is 13.1. The highest BCUT2D eigenvalue weighted by atomic mass is 32.2. The number of pyridine rings is 1. The number of aromatic nitrogens is 2. The third-order valence-electron chi connectivity index (χ3n) is 5.79. The lowest BCUT2D eigenvalue weighted by molar-refractivity contribution is 0.102. The highest BCUT2D eigenvalue weighted by Gasteiger charge is 2.18.